The zero-order valence-corrected chi connectivity index (χ0v) is 25.2. The van der Waals surface area contributed by atoms with E-state index in [1.165, 1.54) is 36.4 Å². The van der Waals surface area contributed by atoms with E-state index in [1.54, 1.807) is 12.1 Å². The molecule has 0 aliphatic heterocycles. The minimum absolute atomic E-state index is 0. The molecule has 4 aromatic carbocycles. The molecular weight excluding hydrogens is 626 g/mol. The molecule has 0 unspecified atom stereocenters. The van der Waals surface area contributed by atoms with E-state index in [-0.39, 0.29) is 84.3 Å². The summed E-state index contributed by atoms with van der Waals surface area (Å²) in [7, 11) is 0. The number of aromatic carboxylic acids is 2. The Morgan fingerprint density at radius 1 is 0.462 bits per heavy atom. The van der Waals surface area contributed by atoms with E-state index in [0.717, 1.165) is 11.1 Å². The Labute approximate surface area is 265 Å². The van der Waals surface area contributed by atoms with Crippen LogP contribution in [0, 0.1) is 0 Å². The Bertz CT molecular complexity index is 1300. The van der Waals surface area contributed by atoms with Crippen LogP contribution in [0.1, 0.15) is 52.6 Å². The number of esters is 2. The third-order valence-electron chi connectivity index (χ3n) is 5.16. The van der Waals surface area contributed by atoms with Crippen LogP contribution >= 0.6 is 0 Å². The maximum Gasteiger partial charge on any atom is 2.00 e. The van der Waals surface area contributed by atoms with Gasteiger partial charge in [-0.3, -0.25) is 0 Å². The first-order valence-electron chi connectivity index (χ1n) is 11.4. The summed E-state index contributed by atoms with van der Waals surface area (Å²) in [6.07, 6.45) is 0. The van der Waals surface area contributed by atoms with Gasteiger partial charge in [-0.2, -0.15) is 0 Å². The number of hydrogen-bond donors (Lipinski definition) is 0. The van der Waals surface area contributed by atoms with Gasteiger partial charge in [0.1, 0.15) is 13.2 Å². The van der Waals surface area contributed by atoms with E-state index in [2.05, 4.69) is 0 Å². The molecule has 0 bridgehead atoms. The van der Waals surface area contributed by atoms with Crippen LogP contribution in [0.3, 0.4) is 0 Å². The molecule has 0 aliphatic carbocycles. The molecule has 0 aromatic heterocycles. The van der Waals surface area contributed by atoms with Crippen molar-refractivity contribution in [3.05, 3.63) is 143 Å². The first-order valence-corrected chi connectivity index (χ1v) is 11.4. The normalized spacial score (nSPS) is 9.64. The maximum absolute atomic E-state index is 11.8. The van der Waals surface area contributed by atoms with Crippen molar-refractivity contribution >= 4 is 72.8 Å². The second-order valence-electron chi connectivity index (χ2n) is 7.79. The summed E-state index contributed by atoms with van der Waals surface area (Å²) in [6, 6.07) is 29.9. The molecular formula is C30H22BaO8. The molecule has 0 spiro atoms. The van der Waals surface area contributed by atoms with Crippen LogP contribution in [0.2, 0.25) is 0 Å². The summed E-state index contributed by atoms with van der Waals surface area (Å²) >= 11 is 0. The first-order chi connectivity index (χ1) is 18.4. The van der Waals surface area contributed by atoms with Gasteiger partial charge in [0.25, 0.3) is 0 Å². The van der Waals surface area contributed by atoms with E-state index in [0.29, 0.717) is 0 Å². The summed E-state index contributed by atoms with van der Waals surface area (Å²) in [4.78, 5) is 45.4. The third kappa shape index (κ3) is 9.86. The van der Waals surface area contributed by atoms with E-state index in [4.69, 9.17) is 9.47 Å². The van der Waals surface area contributed by atoms with Gasteiger partial charge in [-0.15, -0.1) is 0 Å². The van der Waals surface area contributed by atoms with Crippen LogP contribution < -0.4 is 10.2 Å². The molecule has 0 saturated carbocycles. The molecule has 0 fully saturated rings. The predicted octanol–water partition coefficient (Wildman–Crippen LogP) is 2.43. The second-order valence-corrected chi connectivity index (χ2v) is 7.79. The molecule has 0 heterocycles. The summed E-state index contributed by atoms with van der Waals surface area (Å²) in [5.41, 5.74) is 1.33. The summed E-state index contributed by atoms with van der Waals surface area (Å²) in [5, 5.41) is 21.8. The molecule has 0 aliphatic rings. The van der Waals surface area contributed by atoms with Gasteiger partial charge < -0.3 is 29.3 Å². The average molecular weight is 648 g/mol. The van der Waals surface area contributed by atoms with Gasteiger partial charge in [0, 0.05) is 11.1 Å². The summed E-state index contributed by atoms with van der Waals surface area (Å²) in [6.45, 7) is 0.197. The van der Waals surface area contributed by atoms with Crippen molar-refractivity contribution in [3.8, 4) is 0 Å². The van der Waals surface area contributed by atoms with Crippen molar-refractivity contribution in [1.29, 1.82) is 0 Å². The van der Waals surface area contributed by atoms with Crippen LogP contribution in [-0.2, 0) is 22.7 Å². The molecule has 8 nitrogen and oxygen atoms in total. The topological polar surface area (TPSA) is 133 Å². The van der Waals surface area contributed by atoms with E-state index in [1.807, 2.05) is 60.7 Å². The number of carbonyl (C=O) groups is 4. The fourth-order valence-electron chi connectivity index (χ4n) is 3.28. The van der Waals surface area contributed by atoms with Crippen LogP contribution in [-0.4, -0.2) is 72.8 Å². The van der Waals surface area contributed by atoms with Crippen molar-refractivity contribution in [2.24, 2.45) is 0 Å². The van der Waals surface area contributed by atoms with Crippen LogP contribution in [0.25, 0.3) is 0 Å². The number of carboxylic acid groups (broad SMARTS) is 2. The maximum atomic E-state index is 11.8. The Balaban J connectivity index is 0.000000267. The Hall–Kier alpha value is -3.67. The number of rotatable bonds is 8. The Morgan fingerprint density at radius 2 is 0.744 bits per heavy atom. The molecule has 192 valence electrons. The number of carbonyl (C=O) groups excluding carboxylic acids is 4. The second kappa shape index (κ2) is 16.3. The zero-order chi connectivity index (χ0) is 27.3. The van der Waals surface area contributed by atoms with Gasteiger partial charge >= 0.3 is 60.8 Å². The van der Waals surface area contributed by atoms with Crippen molar-refractivity contribution in [3.63, 3.8) is 0 Å². The smallest absolute Gasteiger partial charge is 0.545 e. The van der Waals surface area contributed by atoms with Crippen LogP contribution in [0.15, 0.2) is 109 Å². The largest absolute Gasteiger partial charge is 2.00 e. The van der Waals surface area contributed by atoms with Gasteiger partial charge in [0.2, 0.25) is 0 Å². The monoisotopic (exact) mass is 648 g/mol. The average Bonchev–Trinajstić information content (AvgIpc) is 2.96. The SMILES string of the molecule is O=C([O-])c1ccccc1C(=O)OCc1ccccc1.O=C([O-])c1ccccc1C(=O)OCc1ccccc1.[Ba+2]. The fourth-order valence-corrected chi connectivity index (χ4v) is 3.28. The standard InChI is InChI=1S/2C15H12O4.Ba/c2*16-14(17)12-8-4-5-9-13(12)15(18)19-10-11-6-2-1-3-7-11;/h2*1-9H,10H2,(H,16,17);/q;;+2/p-2. The Morgan fingerprint density at radius 3 is 1.05 bits per heavy atom. The molecule has 9 heteroatoms. The van der Waals surface area contributed by atoms with Gasteiger partial charge in [-0.25, -0.2) is 9.59 Å². The summed E-state index contributed by atoms with van der Waals surface area (Å²) in [5.74, 6) is -4.15. The molecule has 0 N–H and O–H groups in total. The predicted molar refractivity (Wildman–Crippen MR) is 138 cm³/mol. The number of carboxylic acids is 2. The first kappa shape index (κ1) is 31.5. The Kier molecular flexibility index (Phi) is 13.2. The van der Waals surface area contributed by atoms with Crippen LogP contribution in [0.5, 0.6) is 0 Å². The fraction of sp³-hybridized carbons (Fsp3) is 0.0667. The van der Waals surface area contributed by atoms with Gasteiger partial charge in [0.15, 0.2) is 0 Å². The number of ether oxygens (including phenoxy) is 2. The third-order valence-corrected chi connectivity index (χ3v) is 5.16. The van der Waals surface area contributed by atoms with Crippen molar-refractivity contribution in [1.82, 2.24) is 0 Å². The molecule has 39 heavy (non-hydrogen) atoms. The minimum atomic E-state index is -1.40. The minimum Gasteiger partial charge on any atom is -0.545 e. The van der Waals surface area contributed by atoms with Gasteiger partial charge in [-0.05, 0) is 23.3 Å². The molecule has 0 radical (unpaired) electrons. The van der Waals surface area contributed by atoms with Gasteiger partial charge in [-0.1, -0.05) is 97.1 Å². The molecule has 4 rings (SSSR count). The van der Waals surface area contributed by atoms with Gasteiger partial charge in [0.05, 0.1) is 23.1 Å². The quantitative estimate of drug-likeness (QED) is 0.211. The van der Waals surface area contributed by atoms with E-state index >= 15 is 0 Å². The van der Waals surface area contributed by atoms with E-state index < -0.39 is 23.9 Å². The van der Waals surface area contributed by atoms with E-state index in [9.17, 15) is 29.4 Å². The molecule has 0 saturated heterocycles. The van der Waals surface area contributed by atoms with Crippen molar-refractivity contribution < 1.29 is 38.9 Å². The molecule has 0 amide bonds. The number of hydrogen-bond acceptors (Lipinski definition) is 8. The van der Waals surface area contributed by atoms with Crippen molar-refractivity contribution in [2.75, 3.05) is 0 Å². The molecule has 4 aromatic rings. The molecule has 0 atom stereocenters. The number of benzene rings is 4. The van der Waals surface area contributed by atoms with Crippen LogP contribution in [0.4, 0.5) is 0 Å². The van der Waals surface area contributed by atoms with Crippen molar-refractivity contribution in [2.45, 2.75) is 13.2 Å². The summed E-state index contributed by atoms with van der Waals surface area (Å²) < 4.78 is 10.1. The zero-order valence-electron chi connectivity index (χ0n) is 20.8.